The van der Waals surface area contributed by atoms with E-state index in [-0.39, 0.29) is 30.6 Å². The van der Waals surface area contributed by atoms with Gasteiger partial charge in [0.2, 0.25) is 11.7 Å². The summed E-state index contributed by atoms with van der Waals surface area (Å²) < 4.78 is 11.3. The van der Waals surface area contributed by atoms with E-state index in [1.54, 1.807) is 18.2 Å². The highest BCUT2D eigenvalue weighted by molar-refractivity contribution is 6.30. The number of carbonyl (C=O) groups excluding carboxylic acids is 1. The number of nitrogens with one attached hydrogen (secondary N) is 1. The predicted molar refractivity (Wildman–Crippen MR) is 172 cm³/mol. The number of rotatable bonds is 12. The van der Waals surface area contributed by atoms with Crippen LogP contribution in [0.2, 0.25) is 5.02 Å². The van der Waals surface area contributed by atoms with Crippen LogP contribution in [0.4, 0.5) is 0 Å². The Balaban J connectivity index is 0.00000442. The SMILES string of the molecule is C=CCc1cccc(C=NNC(=O)CN2CCN(Cc3nc(-c4ccc(COc5cccc(Cl)c5)cc4)no3)CC2)c1O.Cl. The molecule has 44 heavy (non-hydrogen) atoms. The minimum Gasteiger partial charge on any atom is -0.507 e. The average molecular weight is 638 g/mol. The van der Waals surface area contributed by atoms with Crippen LogP contribution in [-0.2, 0) is 24.4 Å². The van der Waals surface area contributed by atoms with Crippen molar-refractivity contribution in [3.63, 3.8) is 0 Å². The number of hydrogen-bond acceptors (Lipinski definition) is 9. The molecule has 230 valence electrons. The maximum Gasteiger partial charge on any atom is 0.254 e. The van der Waals surface area contributed by atoms with E-state index in [2.05, 4.69) is 37.0 Å². The summed E-state index contributed by atoms with van der Waals surface area (Å²) in [5.74, 6) is 1.73. The van der Waals surface area contributed by atoms with Crippen molar-refractivity contribution in [2.45, 2.75) is 19.6 Å². The zero-order chi connectivity index (χ0) is 30.0. The summed E-state index contributed by atoms with van der Waals surface area (Å²) >= 11 is 6.01. The molecule has 0 spiro atoms. The van der Waals surface area contributed by atoms with Gasteiger partial charge in [0, 0.05) is 42.3 Å². The number of nitrogens with zero attached hydrogens (tertiary/aromatic N) is 5. The third-order valence-corrected chi connectivity index (χ3v) is 7.22. The van der Waals surface area contributed by atoms with Gasteiger partial charge in [0.1, 0.15) is 18.1 Å². The largest absolute Gasteiger partial charge is 0.507 e. The Kier molecular flexibility index (Phi) is 11.9. The van der Waals surface area contributed by atoms with E-state index in [9.17, 15) is 9.90 Å². The van der Waals surface area contributed by atoms with Crippen LogP contribution in [-0.4, -0.2) is 69.9 Å². The van der Waals surface area contributed by atoms with Gasteiger partial charge in [-0.2, -0.15) is 10.1 Å². The normalized spacial score (nSPS) is 13.8. The molecular formula is C32H34Cl2N6O4. The lowest BCUT2D eigenvalue weighted by atomic mass is 10.1. The van der Waals surface area contributed by atoms with Crippen molar-refractivity contribution < 1.29 is 19.2 Å². The Morgan fingerprint density at radius 2 is 1.84 bits per heavy atom. The van der Waals surface area contributed by atoms with Gasteiger partial charge in [0.05, 0.1) is 19.3 Å². The van der Waals surface area contributed by atoms with Gasteiger partial charge in [0.25, 0.3) is 5.91 Å². The maximum absolute atomic E-state index is 12.4. The molecule has 1 aromatic heterocycles. The van der Waals surface area contributed by atoms with Gasteiger partial charge in [0.15, 0.2) is 0 Å². The summed E-state index contributed by atoms with van der Waals surface area (Å²) in [6.07, 6.45) is 3.72. The Hall–Kier alpha value is -4.22. The molecule has 1 amide bonds. The van der Waals surface area contributed by atoms with Crippen molar-refractivity contribution in [1.29, 1.82) is 0 Å². The molecule has 4 aromatic rings. The molecule has 12 heteroatoms. The quantitative estimate of drug-likeness (QED) is 0.125. The van der Waals surface area contributed by atoms with E-state index < -0.39 is 0 Å². The average Bonchev–Trinajstić information content (AvgIpc) is 3.48. The summed E-state index contributed by atoms with van der Waals surface area (Å²) in [7, 11) is 0. The molecule has 1 fully saturated rings. The summed E-state index contributed by atoms with van der Waals surface area (Å²) in [4.78, 5) is 21.3. The Bertz CT molecular complexity index is 1570. The van der Waals surface area contributed by atoms with Crippen LogP contribution in [0.25, 0.3) is 11.4 Å². The standard InChI is InChI=1S/C32H33ClN6O4.ClH/c1-2-5-24-6-3-7-26(31(24)41)19-34-36-29(40)20-38-14-16-39(17-15-38)21-30-35-32(37-43-30)25-12-10-23(11-13-25)22-42-28-9-4-8-27(33)18-28;/h2-4,6-13,18-19,41H,1,5,14-17,20-22H2,(H,36,40);1H. The van der Waals surface area contributed by atoms with Gasteiger partial charge >= 0.3 is 0 Å². The number of phenolic OH excluding ortho intramolecular Hbond substituents is 1. The fraction of sp³-hybridized carbons (Fsp3) is 0.250. The molecule has 0 radical (unpaired) electrons. The highest BCUT2D eigenvalue weighted by atomic mass is 35.5. The van der Waals surface area contributed by atoms with E-state index in [0.717, 1.165) is 48.6 Å². The second kappa shape index (κ2) is 16.0. The van der Waals surface area contributed by atoms with Crippen LogP contribution < -0.4 is 10.2 Å². The van der Waals surface area contributed by atoms with Crippen LogP contribution in [0.1, 0.15) is 22.6 Å². The number of piperazine rings is 1. The smallest absolute Gasteiger partial charge is 0.254 e. The van der Waals surface area contributed by atoms with E-state index in [1.807, 2.05) is 54.6 Å². The van der Waals surface area contributed by atoms with Gasteiger partial charge in [-0.15, -0.1) is 19.0 Å². The molecule has 3 aromatic carbocycles. The first-order valence-electron chi connectivity index (χ1n) is 14.0. The topological polar surface area (TPSA) is 116 Å². The third kappa shape index (κ3) is 9.14. The molecule has 2 N–H and O–H groups in total. The number of phenols is 1. The molecule has 5 rings (SSSR count). The number of carbonyl (C=O) groups is 1. The van der Waals surface area contributed by atoms with Gasteiger partial charge in [-0.25, -0.2) is 5.43 Å². The maximum atomic E-state index is 12.4. The molecule has 0 bridgehead atoms. The molecule has 1 saturated heterocycles. The number of allylic oxidation sites excluding steroid dienone is 1. The Morgan fingerprint density at radius 1 is 1.09 bits per heavy atom. The first-order valence-corrected chi connectivity index (χ1v) is 14.3. The Labute approximate surface area is 267 Å². The highest BCUT2D eigenvalue weighted by Crippen LogP contribution is 2.22. The number of para-hydroxylation sites is 1. The second-order valence-corrected chi connectivity index (χ2v) is 10.6. The first-order chi connectivity index (χ1) is 21.0. The molecule has 0 atom stereocenters. The lowest BCUT2D eigenvalue weighted by Crippen LogP contribution is -2.48. The number of ether oxygens (including phenoxy) is 1. The van der Waals surface area contributed by atoms with Crippen molar-refractivity contribution in [2.24, 2.45) is 5.10 Å². The van der Waals surface area contributed by atoms with Crippen molar-refractivity contribution in [3.05, 3.63) is 107 Å². The van der Waals surface area contributed by atoms with E-state index in [4.69, 9.17) is 20.9 Å². The van der Waals surface area contributed by atoms with Gasteiger partial charge in [-0.05, 0) is 41.8 Å². The van der Waals surface area contributed by atoms with Crippen LogP contribution in [0.15, 0.2) is 89.0 Å². The zero-order valence-electron chi connectivity index (χ0n) is 24.1. The zero-order valence-corrected chi connectivity index (χ0v) is 25.6. The number of aromatic nitrogens is 2. The molecule has 2 heterocycles. The van der Waals surface area contributed by atoms with Crippen molar-refractivity contribution >= 4 is 36.1 Å². The number of amides is 1. The van der Waals surface area contributed by atoms with E-state index >= 15 is 0 Å². The predicted octanol–water partition coefficient (Wildman–Crippen LogP) is 5.09. The number of halogens is 2. The first kappa shape index (κ1) is 32.7. The molecule has 1 aliphatic rings. The molecule has 0 aliphatic carbocycles. The summed E-state index contributed by atoms with van der Waals surface area (Å²) in [6, 6.07) is 20.5. The highest BCUT2D eigenvalue weighted by Gasteiger charge is 2.21. The van der Waals surface area contributed by atoms with Gasteiger partial charge in [-0.1, -0.05) is 65.3 Å². The minimum absolute atomic E-state index is 0. The number of benzene rings is 3. The van der Waals surface area contributed by atoms with Crippen molar-refractivity contribution in [2.75, 3.05) is 32.7 Å². The van der Waals surface area contributed by atoms with Crippen LogP contribution >= 0.6 is 24.0 Å². The fourth-order valence-corrected chi connectivity index (χ4v) is 4.83. The lowest BCUT2D eigenvalue weighted by Gasteiger charge is -2.33. The monoisotopic (exact) mass is 636 g/mol. The molecule has 10 nitrogen and oxygen atoms in total. The van der Waals surface area contributed by atoms with Gasteiger partial charge < -0.3 is 14.4 Å². The van der Waals surface area contributed by atoms with Crippen LogP contribution in [0.3, 0.4) is 0 Å². The van der Waals surface area contributed by atoms with E-state index in [0.29, 0.717) is 41.9 Å². The van der Waals surface area contributed by atoms with Crippen LogP contribution in [0.5, 0.6) is 11.5 Å². The van der Waals surface area contributed by atoms with E-state index in [1.165, 1.54) is 6.21 Å². The third-order valence-electron chi connectivity index (χ3n) is 6.98. The van der Waals surface area contributed by atoms with Gasteiger partial charge in [-0.3, -0.25) is 14.6 Å². The molecular weight excluding hydrogens is 603 g/mol. The van der Waals surface area contributed by atoms with Crippen molar-refractivity contribution in [1.82, 2.24) is 25.4 Å². The van der Waals surface area contributed by atoms with Crippen LogP contribution in [0, 0.1) is 0 Å². The molecule has 1 aliphatic heterocycles. The number of aromatic hydroxyl groups is 1. The fourth-order valence-electron chi connectivity index (χ4n) is 4.65. The number of hydrogen-bond donors (Lipinski definition) is 2. The van der Waals surface area contributed by atoms with Crippen molar-refractivity contribution in [3.8, 4) is 22.9 Å². The minimum atomic E-state index is -0.213. The Morgan fingerprint density at radius 3 is 2.59 bits per heavy atom. The summed E-state index contributed by atoms with van der Waals surface area (Å²) in [5, 5.41) is 19.1. The summed E-state index contributed by atoms with van der Waals surface area (Å²) in [6.45, 7) is 7.87. The lowest BCUT2D eigenvalue weighted by molar-refractivity contribution is -0.122. The molecule has 0 unspecified atom stereocenters. The number of hydrazone groups is 1. The molecule has 0 saturated carbocycles. The summed E-state index contributed by atoms with van der Waals surface area (Å²) in [5.41, 5.74) is 5.71. The second-order valence-electron chi connectivity index (χ2n) is 10.1.